The Hall–Kier alpha value is -2.32. The molecule has 2 heteroatoms. The van der Waals surface area contributed by atoms with Crippen LogP contribution in [0, 0.1) is 0 Å². The Balaban J connectivity index is 1.69. The van der Waals surface area contributed by atoms with Crippen LogP contribution in [0.2, 0.25) is 0 Å². The van der Waals surface area contributed by atoms with E-state index in [2.05, 4.69) is 42.5 Å². The van der Waals surface area contributed by atoms with Crippen molar-refractivity contribution in [1.82, 2.24) is 0 Å². The maximum absolute atomic E-state index is 6.20. The number of nitrogens with two attached hydrogens (primary N) is 1. The summed E-state index contributed by atoms with van der Waals surface area (Å²) < 4.78 is 6.00. The molecule has 110 valence electrons. The second-order valence-corrected chi connectivity index (χ2v) is 6.04. The average Bonchev–Trinajstić information content (AvgIpc) is 2.53. The van der Waals surface area contributed by atoms with Crippen molar-refractivity contribution >= 4 is 10.8 Å². The predicted octanol–water partition coefficient (Wildman–Crippen LogP) is 3.84. The lowest BCUT2D eigenvalue weighted by Gasteiger charge is -2.23. The van der Waals surface area contributed by atoms with Gasteiger partial charge in [-0.05, 0) is 52.4 Å². The van der Waals surface area contributed by atoms with Crippen LogP contribution in [0.3, 0.4) is 0 Å². The summed E-state index contributed by atoms with van der Waals surface area (Å²) in [6.45, 7) is 0.595. The van der Waals surface area contributed by atoms with E-state index in [1.165, 1.54) is 27.5 Å². The molecule has 3 aromatic rings. The van der Waals surface area contributed by atoms with E-state index >= 15 is 0 Å². The van der Waals surface area contributed by atoms with Gasteiger partial charge in [0.05, 0.1) is 0 Å². The Morgan fingerprint density at radius 2 is 1.73 bits per heavy atom. The third kappa shape index (κ3) is 2.46. The van der Waals surface area contributed by atoms with Gasteiger partial charge in [-0.3, -0.25) is 0 Å². The maximum atomic E-state index is 6.20. The molecule has 2 N–H and O–H groups in total. The van der Waals surface area contributed by atoms with Crippen LogP contribution in [0.5, 0.6) is 5.75 Å². The molecule has 0 saturated heterocycles. The summed E-state index contributed by atoms with van der Waals surface area (Å²) in [6, 6.07) is 21.2. The van der Waals surface area contributed by atoms with Crippen LogP contribution >= 0.6 is 0 Å². The Morgan fingerprint density at radius 3 is 2.59 bits per heavy atom. The van der Waals surface area contributed by atoms with Crippen LogP contribution in [-0.4, -0.2) is 6.04 Å². The molecular formula is C20H19NO. The van der Waals surface area contributed by atoms with Gasteiger partial charge in [0.15, 0.2) is 0 Å². The normalized spacial score (nSPS) is 16.7. The Bertz CT molecular complexity index is 811. The summed E-state index contributed by atoms with van der Waals surface area (Å²) in [5.41, 5.74) is 10.1. The number of hydrogen-bond donors (Lipinski definition) is 1. The molecule has 22 heavy (non-hydrogen) atoms. The van der Waals surface area contributed by atoms with Crippen LogP contribution < -0.4 is 10.5 Å². The van der Waals surface area contributed by atoms with E-state index in [4.69, 9.17) is 10.5 Å². The molecule has 0 aromatic heterocycles. The molecule has 1 atom stereocenters. The van der Waals surface area contributed by atoms with E-state index in [1.54, 1.807) is 0 Å². The minimum absolute atomic E-state index is 0.211. The van der Waals surface area contributed by atoms with Gasteiger partial charge in [-0.15, -0.1) is 0 Å². The van der Waals surface area contributed by atoms with Crippen molar-refractivity contribution in [1.29, 1.82) is 0 Å². The first-order valence-electron chi connectivity index (χ1n) is 7.76. The van der Waals surface area contributed by atoms with Gasteiger partial charge in [-0.25, -0.2) is 0 Å². The van der Waals surface area contributed by atoms with E-state index < -0.39 is 0 Å². The monoisotopic (exact) mass is 289 g/mol. The topological polar surface area (TPSA) is 35.2 Å². The first kappa shape index (κ1) is 13.4. The highest BCUT2D eigenvalue weighted by Crippen LogP contribution is 2.33. The number of hydrogen-bond acceptors (Lipinski definition) is 2. The molecule has 3 aromatic carbocycles. The molecule has 0 aliphatic heterocycles. The summed E-state index contributed by atoms with van der Waals surface area (Å²) in [5.74, 6) is 0.928. The lowest BCUT2D eigenvalue weighted by molar-refractivity contribution is 0.306. The summed E-state index contributed by atoms with van der Waals surface area (Å²) >= 11 is 0. The quantitative estimate of drug-likeness (QED) is 0.795. The summed E-state index contributed by atoms with van der Waals surface area (Å²) in [4.78, 5) is 0. The first-order valence-corrected chi connectivity index (χ1v) is 7.76. The second-order valence-electron chi connectivity index (χ2n) is 6.04. The molecule has 4 rings (SSSR count). The van der Waals surface area contributed by atoms with E-state index in [0.717, 1.165) is 18.6 Å². The molecule has 0 bridgehead atoms. The molecule has 1 aliphatic rings. The predicted molar refractivity (Wildman–Crippen MR) is 90.1 cm³/mol. The van der Waals surface area contributed by atoms with Crippen LogP contribution in [-0.2, 0) is 19.4 Å². The summed E-state index contributed by atoms with van der Waals surface area (Å²) in [7, 11) is 0. The lowest BCUT2D eigenvalue weighted by Crippen LogP contribution is -2.28. The number of ether oxygens (including phenoxy) is 1. The highest BCUT2D eigenvalue weighted by Gasteiger charge is 2.18. The van der Waals surface area contributed by atoms with Crippen LogP contribution in [0.15, 0.2) is 60.7 Å². The van der Waals surface area contributed by atoms with E-state index in [-0.39, 0.29) is 6.04 Å². The minimum Gasteiger partial charge on any atom is -0.489 e. The Morgan fingerprint density at radius 1 is 0.909 bits per heavy atom. The molecule has 0 heterocycles. The largest absolute Gasteiger partial charge is 0.489 e. The molecule has 1 aliphatic carbocycles. The number of rotatable bonds is 3. The second kappa shape index (κ2) is 5.47. The lowest BCUT2D eigenvalue weighted by atomic mass is 9.86. The van der Waals surface area contributed by atoms with Crippen molar-refractivity contribution < 1.29 is 4.74 Å². The fraction of sp³-hybridized carbons (Fsp3) is 0.200. The molecule has 0 saturated carbocycles. The zero-order valence-corrected chi connectivity index (χ0v) is 12.5. The summed E-state index contributed by atoms with van der Waals surface area (Å²) in [5, 5.41) is 2.63. The molecule has 0 radical (unpaired) electrons. The van der Waals surface area contributed by atoms with E-state index in [1.807, 2.05) is 18.2 Å². The van der Waals surface area contributed by atoms with Gasteiger partial charge in [-0.2, -0.15) is 0 Å². The van der Waals surface area contributed by atoms with Gasteiger partial charge in [0.1, 0.15) is 12.4 Å². The molecule has 1 unspecified atom stereocenters. The van der Waals surface area contributed by atoms with Gasteiger partial charge in [0.25, 0.3) is 0 Å². The first-order chi connectivity index (χ1) is 10.8. The SMILES string of the molecule is NC1Cc2cccc3cc(OCc4ccccc4)cc(c23)C1. The fourth-order valence-electron chi connectivity index (χ4n) is 3.36. The van der Waals surface area contributed by atoms with Crippen molar-refractivity contribution in [2.45, 2.75) is 25.5 Å². The fourth-order valence-corrected chi connectivity index (χ4v) is 3.36. The Kier molecular flexibility index (Phi) is 3.32. The average molecular weight is 289 g/mol. The van der Waals surface area contributed by atoms with Gasteiger partial charge in [-0.1, -0.05) is 48.5 Å². The van der Waals surface area contributed by atoms with E-state index in [9.17, 15) is 0 Å². The third-order valence-corrected chi connectivity index (χ3v) is 4.33. The zero-order chi connectivity index (χ0) is 14.9. The van der Waals surface area contributed by atoms with Crippen molar-refractivity contribution in [2.24, 2.45) is 5.73 Å². The van der Waals surface area contributed by atoms with Crippen LogP contribution in [0.1, 0.15) is 16.7 Å². The van der Waals surface area contributed by atoms with E-state index in [0.29, 0.717) is 6.61 Å². The van der Waals surface area contributed by atoms with Crippen molar-refractivity contribution in [3.8, 4) is 5.75 Å². The van der Waals surface area contributed by atoms with Crippen molar-refractivity contribution in [3.63, 3.8) is 0 Å². The zero-order valence-electron chi connectivity index (χ0n) is 12.5. The van der Waals surface area contributed by atoms with Crippen LogP contribution in [0.25, 0.3) is 10.8 Å². The Labute approximate surface area is 130 Å². The van der Waals surface area contributed by atoms with Crippen molar-refractivity contribution in [3.05, 3.63) is 77.4 Å². The van der Waals surface area contributed by atoms with Gasteiger partial charge < -0.3 is 10.5 Å². The molecular weight excluding hydrogens is 270 g/mol. The molecule has 0 fully saturated rings. The molecule has 0 amide bonds. The molecule has 0 spiro atoms. The highest BCUT2D eigenvalue weighted by atomic mass is 16.5. The molecule has 2 nitrogen and oxygen atoms in total. The highest BCUT2D eigenvalue weighted by molar-refractivity contribution is 5.91. The minimum atomic E-state index is 0.211. The summed E-state index contributed by atoms with van der Waals surface area (Å²) in [6.07, 6.45) is 1.89. The number of benzene rings is 3. The van der Waals surface area contributed by atoms with Crippen LogP contribution in [0.4, 0.5) is 0 Å². The standard InChI is InChI=1S/C20H19NO/c21-18-9-15-7-4-8-16-11-19(12-17(10-18)20(15)16)22-13-14-5-2-1-3-6-14/h1-8,11-12,18H,9-10,13,21H2. The van der Waals surface area contributed by atoms with Crippen molar-refractivity contribution in [2.75, 3.05) is 0 Å². The van der Waals surface area contributed by atoms with Gasteiger partial charge >= 0.3 is 0 Å². The van der Waals surface area contributed by atoms with Gasteiger partial charge in [0.2, 0.25) is 0 Å². The van der Waals surface area contributed by atoms with Gasteiger partial charge in [0, 0.05) is 6.04 Å². The third-order valence-electron chi connectivity index (χ3n) is 4.33. The maximum Gasteiger partial charge on any atom is 0.120 e. The smallest absolute Gasteiger partial charge is 0.120 e.